The molecule has 0 unspecified atom stereocenters. The summed E-state index contributed by atoms with van der Waals surface area (Å²) in [5.41, 5.74) is 3.22. The second-order valence-electron chi connectivity index (χ2n) is 5.89. The fourth-order valence-electron chi connectivity index (χ4n) is 2.88. The van der Waals surface area contributed by atoms with Gasteiger partial charge in [0.15, 0.2) is 0 Å². The van der Waals surface area contributed by atoms with Gasteiger partial charge in [-0.25, -0.2) is 4.79 Å². The fraction of sp³-hybridized carbons (Fsp3) is 0.588. The molecule has 1 aromatic rings. The van der Waals surface area contributed by atoms with E-state index in [9.17, 15) is 4.79 Å². The van der Waals surface area contributed by atoms with E-state index in [0.717, 1.165) is 36.9 Å². The molecule has 1 amide bonds. The molecule has 3 heteroatoms. The van der Waals surface area contributed by atoms with E-state index < -0.39 is 0 Å². The molecular weight excluding hydrogens is 250 g/mol. The van der Waals surface area contributed by atoms with E-state index in [0.29, 0.717) is 5.92 Å². The van der Waals surface area contributed by atoms with Gasteiger partial charge in [0.05, 0.1) is 0 Å². The Morgan fingerprint density at radius 3 is 2.75 bits per heavy atom. The highest BCUT2D eigenvalue weighted by Crippen LogP contribution is 2.26. The average molecular weight is 275 g/mol. The van der Waals surface area contributed by atoms with Crippen LogP contribution in [0.2, 0.25) is 0 Å². The number of amides is 1. The Morgan fingerprint density at radius 1 is 1.30 bits per heavy atom. The first-order chi connectivity index (χ1) is 9.58. The zero-order chi connectivity index (χ0) is 14.5. The molecule has 1 N–H and O–H groups in total. The molecule has 0 saturated heterocycles. The summed E-state index contributed by atoms with van der Waals surface area (Å²) in [7, 11) is 0. The third kappa shape index (κ3) is 3.99. The molecule has 3 nitrogen and oxygen atoms in total. The largest absolute Gasteiger partial charge is 0.446 e. The van der Waals surface area contributed by atoms with Crippen LogP contribution in [0.25, 0.3) is 0 Å². The first-order valence-electron chi connectivity index (χ1n) is 7.66. The number of hydrogen-bond acceptors (Lipinski definition) is 2. The van der Waals surface area contributed by atoms with Gasteiger partial charge in [0, 0.05) is 5.69 Å². The molecule has 0 spiro atoms. The standard InChI is InChI=1S/C17H25NO2/c1-4-14-9-12(2)10-15(11-14)18-17(19)20-16-8-6-5-7-13(16)3/h9-11,13,16H,4-8H2,1-3H3,(H,18,19)/t13-,16+/m0/s1. The van der Waals surface area contributed by atoms with Crippen LogP contribution in [0.4, 0.5) is 10.5 Å². The van der Waals surface area contributed by atoms with Crippen LogP contribution in [0.3, 0.4) is 0 Å². The van der Waals surface area contributed by atoms with Gasteiger partial charge in [-0.05, 0) is 61.8 Å². The highest BCUT2D eigenvalue weighted by Gasteiger charge is 2.24. The Bertz CT molecular complexity index is 470. The summed E-state index contributed by atoms with van der Waals surface area (Å²) in [5, 5.41) is 2.86. The van der Waals surface area contributed by atoms with Crippen LogP contribution in [0.1, 0.15) is 50.7 Å². The SMILES string of the molecule is CCc1cc(C)cc(NC(=O)O[C@@H]2CCCC[C@@H]2C)c1. The van der Waals surface area contributed by atoms with Crippen molar-refractivity contribution < 1.29 is 9.53 Å². The van der Waals surface area contributed by atoms with Gasteiger partial charge in [0.1, 0.15) is 6.10 Å². The Morgan fingerprint density at radius 2 is 2.05 bits per heavy atom. The van der Waals surface area contributed by atoms with Crippen molar-refractivity contribution in [1.29, 1.82) is 0 Å². The van der Waals surface area contributed by atoms with Crippen molar-refractivity contribution in [2.75, 3.05) is 5.32 Å². The normalized spacial score (nSPS) is 22.4. The lowest BCUT2D eigenvalue weighted by Gasteiger charge is -2.28. The summed E-state index contributed by atoms with van der Waals surface area (Å²) < 4.78 is 5.57. The van der Waals surface area contributed by atoms with Gasteiger partial charge in [0.25, 0.3) is 0 Å². The number of aryl methyl sites for hydroxylation is 2. The molecule has 0 aliphatic heterocycles. The van der Waals surface area contributed by atoms with Crippen molar-refractivity contribution in [2.24, 2.45) is 5.92 Å². The fourth-order valence-corrected chi connectivity index (χ4v) is 2.88. The van der Waals surface area contributed by atoms with Crippen molar-refractivity contribution in [3.05, 3.63) is 29.3 Å². The second kappa shape index (κ2) is 6.78. The van der Waals surface area contributed by atoms with Crippen molar-refractivity contribution in [3.8, 4) is 0 Å². The van der Waals surface area contributed by atoms with Crippen LogP contribution >= 0.6 is 0 Å². The molecular formula is C17H25NO2. The van der Waals surface area contributed by atoms with Gasteiger partial charge in [-0.1, -0.05) is 26.3 Å². The third-order valence-corrected chi connectivity index (χ3v) is 4.08. The number of rotatable bonds is 3. The Balaban J connectivity index is 1.95. The first-order valence-corrected chi connectivity index (χ1v) is 7.66. The Hall–Kier alpha value is -1.51. The van der Waals surface area contributed by atoms with Crippen LogP contribution in [0, 0.1) is 12.8 Å². The van der Waals surface area contributed by atoms with Gasteiger partial charge >= 0.3 is 6.09 Å². The highest BCUT2D eigenvalue weighted by molar-refractivity contribution is 5.85. The molecule has 0 bridgehead atoms. The number of carbonyl (C=O) groups excluding carboxylic acids is 1. The number of hydrogen-bond donors (Lipinski definition) is 1. The lowest BCUT2D eigenvalue weighted by atomic mass is 9.88. The van der Waals surface area contributed by atoms with Crippen LogP contribution in [0.15, 0.2) is 18.2 Å². The zero-order valence-electron chi connectivity index (χ0n) is 12.7. The van der Waals surface area contributed by atoms with E-state index in [-0.39, 0.29) is 12.2 Å². The summed E-state index contributed by atoms with van der Waals surface area (Å²) in [6.45, 7) is 6.32. The minimum atomic E-state index is -0.323. The number of anilines is 1. The number of benzene rings is 1. The molecule has 2 atom stereocenters. The van der Waals surface area contributed by atoms with Gasteiger partial charge in [0.2, 0.25) is 0 Å². The molecule has 1 aromatic carbocycles. The van der Waals surface area contributed by atoms with Crippen molar-refractivity contribution in [2.45, 2.75) is 59.0 Å². The minimum Gasteiger partial charge on any atom is -0.446 e. The van der Waals surface area contributed by atoms with Crippen LogP contribution in [0.5, 0.6) is 0 Å². The topological polar surface area (TPSA) is 38.3 Å². The quantitative estimate of drug-likeness (QED) is 0.869. The molecule has 0 aromatic heterocycles. The smallest absolute Gasteiger partial charge is 0.411 e. The van der Waals surface area contributed by atoms with Crippen molar-refractivity contribution in [3.63, 3.8) is 0 Å². The summed E-state index contributed by atoms with van der Waals surface area (Å²) in [6.07, 6.45) is 5.26. The van der Waals surface area contributed by atoms with Gasteiger partial charge in [-0.15, -0.1) is 0 Å². The maximum atomic E-state index is 12.0. The summed E-state index contributed by atoms with van der Waals surface area (Å²) in [6, 6.07) is 6.13. The van der Waals surface area contributed by atoms with Gasteiger partial charge < -0.3 is 4.74 Å². The predicted octanol–water partition coefficient (Wildman–Crippen LogP) is 4.68. The lowest BCUT2D eigenvalue weighted by Crippen LogP contribution is -2.30. The average Bonchev–Trinajstić information content (AvgIpc) is 2.40. The number of ether oxygens (including phenoxy) is 1. The van der Waals surface area contributed by atoms with Crippen LogP contribution in [-0.2, 0) is 11.2 Å². The summed E-state index contributed by atoms with van der Waals surface area (Å²) in [5.74, 6) is 0.471. The van der Waals surface area contributed by atoms with Gasteiger partial charge in [-0.3, -0.25) is 5.32 Å². The molecule has 1 aliphatic rings. The second-order valence-corrected chi connectivity index (χ2v) is 5.89. The zero-order valence-corrected chi connectivity index (χ0v) is 12.7. The van der Waals surface area contributed by atoms with E-state index in [2.05, 4.69) is 25.2 Å². The van der Waals surface area contributed by atoms with Gasteiger partial charge in [-0.2, -0.15) is 0 Å². The minimum absolute atomic E-state index is 0.0687. The van der Waals surface area contributed by atoms with Crippen LogP contribution < -0.4 is 5.32 Å². The number of carbonyl (C=O) groups is 1. The van der Waals surface area contributed by atoms with Crippen molar-refractivity contribution >= 4 is 11.8 Å². The first kappa shape index (κ1) is 14.9. The molecule has 20 heavy (non-hydrogen) atoms. The highest BCUT2D eigenvalue weighted by atomic mass is 16.6. The van der Waals surface area contributed by atoms with Crippen LogP contribution in [-0.4, -0.2) is 12.2 Å². The summed E-state index contributed by atoms with van der Waals surface area (Å²) >= 11 is 0. The molecule has 2 rings (SSSR count). The maximum Gasteiger partial charge on any atom is 0.411 e. The molecule has 1 saturated carbocycles. The van der Waals surface area contributed by atoms with E-state index in [1.54, 1.807) is 0 Å². The third-order valence-electron chi connectivity index (χ3n) is 4.08. The number of nitrogens with one attached hydrogen (secondary N) is 1. The van der Waals surface area contributed by atoms with E-state index in [1.807, 2.05) is 19.1 Å². The maximum absolute atomic E-state index is 12.0. The Labute approximate surface area is 121 Å². The van der Waals surface area contributed by atoms with E-state index >= 15 is 0 Å². The molecule has 110 valence electrons. The summed E-state index contributed by atoms with van der Waals surface area (Å²) in [4.78, 5) is 12.0. The van der Waals surface area contributed by atoms with E-state index in [1.165, 1.54) is 12.0 Å². The Kier molecular flexibility index (Phi) is 5.05. The van der Waals surface area contributed by atoms with Crippen molar-refractivity contribution in [1.82, 2.24) is 0 Å². The molecule has 0 heterocycles. The van der Waals surface area contributed by atoms with E-state index in [4.69, 9.17) is 4.74 Å². The predicted molar refractivity (Wildman–Crippen MR) is 82.1 cm³/mol. The molecule has 0 radical (unpaired) electrons. The molecule has 1 fully saturated rings. The molecule has 1 aliphatic carbocycles. The monoisotopic (exact) mass is 275 g/mol. The lowest BCUT2D eigenvalue weighted by molar-refractivity contribution is 0.0524.